The number of fused-ring (bicyclic) bond motifs is 1. The van der Waals surface area contributed by atoms with Gasteiger partial charge in [-0.05, 0) is 19.9 Å². The lowest BCUT2D eigenvalue weighted by Gasteiger charge is -2.14. The number of aryl methyl sites for hydroxylation is 2. The lowest BCUT2D eigenvalue weighted by Crippen LogP contribution is -2.13. The Balaban J connectivity index is 1.95. The fraction of sp³-hybridized carbons (Fsp3) is 0.333. The second-order valence-corrected chi connectivity index (χ2v) is 4.56. The topological polar surface area (TPSA) is 72.9 Å². The Bertz CT molecular complexity index is 712. The van der Waals surface area contributed by atoms with Crippen LogP contribution in [0.3, 0.4) is 0 Å². The molecule has 3 aromatic rings. The summed E-state index contributed by atoms with van der Waals surface area (Å²) in [6.45, 7) is 3.99. The summed E-state index contributed by atoms with van der Waals surface area (Å²) in [4.78, 5) is 4.37. The Hall–Kier alpha value is -2.44. The van der Waals surface area contributed by atoms with Crippen LogP contribution in [0.5, 0.6) is 0 Å². The van der Waals surface area contributed by atoms with Crippen molar-refractivity contribution >= 4 is 11.3 Å². The van der Waals surface area contributed by atoms with Crippen molar-refractivity contribution in [2.75, 3.05) is 5.32 Å². The van der Waals surface area contributed by atoms with Crippen LogP contribution in [0, 0.1) is 6.92 Å². The number of rotatable bonds is 3. The van der Waals surface area contributed by atoms with Gasteiger partial charge in [0.05, 0.1) is 11.7 Å². The molecule has 0 amide bonds. The van der Waals surface area contributed by atoms with Gasteiger partial charge in [0.25, 0.3) is 0 Å². The van der Waals surface area contributed by atoms with E-state index >= 15 is 0 Å². The number of hydrogen-bond donors (Lipinski definition) is 1. The van der Waals surface area contributed by atoms with E-state index < -0.39 is 0 Å². The van der Waals surface area contributed by atoms with E-state index in [2.05, 4.69) is 25.6 Å². The maximum atomic E-state index is 4.37. The normalized spacial score (nSPS) is 12.8. The molecule has 1 unspecified atom stereocenters. The van der Waals surface area contributed by atoms with Gasteiger partial charge in [-0.1, -0.05) is 0 Å². The highest BCUT2D eigenvalue weighted by Gasteiger charge is 2.13. The van der Waals surface area contributed by atoms with Crippen LogP contribution in [0.1, 0.15) is 24.5 Å². The maximum absolute atomic E-state index is 4.37. The van der Waals surface area contributed by atoms with E-state index in [4.69, 9.17) is 0 Å². The molecule has 0 saturated carbocycles. The monoisotopic (exact) mass is 257 g/mol. The molecule has 0 aromatic carbocycles. The summed E-state index contributed by atoms with van der Waals surface area (Å²) in [7, 11) is 1.92. The molecule has 0 fully saturated rings. The van der Waals surface area contributed by atoms with Gasteiger partial charge >= 0.3 is 0 Å². The van der Waals surface area contributed by atoms with Crippen molar-refractivity contribution in [2.45, 2.75) is 19.9 Å². The van der Waals surface area contributed by atoms with Crippen molar-refractivity contribution in [3.05, 3.63) is 36.3 Å². The van der Waals surface area contributed by atoms with Crippen molar-refractivity contribution in [1.29, 1.82) is 0 Å². The number of nitrogens with one attached hydrogen (secondary N) is 1. The zero-order chi connectivity index (χ0) is 13.4. The van der Waals surface area contributed by atoms with Crippen LogP contribution < -0.4 is 5.32 Å². The fourth-order valence-electron chi connectivity index (χ4n) is 2.11. The highest BCUT2D eigenvalue weighted by atomic mass is 15.3. The molecular weight excluding hydrogens is 242 g/mol. The summed E-state index contributed by atoms with van der Waals surface area (Å²) in [6, 6.07) is 2.01. The lowest BCUT2D eigenvalue weighted by atomic mass is 10.3. The smallest absolute Gasteiger partial charge is 0.154 e. The van der Waals surface area contributed by atoms with E-state index in [1.165, 1.54) is 0 Å². The Morgan fingerprint density at radius 3 is 2.95 bits per heavy atom. The van der Waals surface area contributed by atoms with Crippen LogP contribution in [-0.4, -0.2) is 29.4 Å². The fourth-order valence-corrected chi connectivity index (χ4v) is 2.11. The average molecular weight is 257 g/mol. The minimum absolute atomic E-state index is 0.0152. The first-order valence-electron chi connectivity index (χ1n) is 6.06. The molecule has 0 aliphatic carbocycles. The van der Waals surface area contributed by atoms with Crippen molar-refractivity contribution in [3.8, 4) is 0 Å². The molecule has 0 radical (unpaired) electrons. The number of nitrogens with zero attached hydrogens (tertiary/aromatic N) is 6. The summed E-state index contributed by atoms with van der Waals surface area (Å²) in [5.41, 5.74) is 1.91. The van der Waals surface area contributed by atoms with Crippen LogP contribution in [0.15, 0.2) is 24.8 Å². The van der Waals surface area contributed by atoms with E-state index in [1.54, 1.807) is 12.5 Å². The van der Waals surface area contributed by atoms with Crippen molar-refractivity contribution in [1.82, 2.24) is 29.4 Å². The molecule has 0 spiro atoms. The number of hydrogen-bond acceptors (Lipinski definition) is 5. The van der Waals surface area contributed by atoms with Crippen LogP contribution in [0.25, 0.3) is 5.52 Å². The van der Waals surface area contributed by atoms with E-state index in [-0.39, 0.29) is 6.04 Å². The third-order valence-electron chi connectivity index (χ3n) is 3.00. The molecule has 0 aliphatic heterocycles. The molecule has 7 heteroatoms. The third-order valence-corrected chi connectivity index (χ3v) is 3.00. The van der Waals surface area contributed by atoms with Gasteiger partial charge in [-0.15, -0.1) is 10.2 Å². The SMILES string of the molecule is Cc1cc2c(NC(C)c3nncn3C)nccn2n1. The predicted molar refractivity (Wildman–Crippen MR) is 70.8 cm³/mol. The highest BCUT2D eigenvalue weighted by molar-refractivity contribution is 5.68. The van der Waals surface area contributed by atoms with E-state index in [9.17, 15) is 0 Å². The summed E-state index contributed by atoms with van der Waals surface area (Å²) < 4.78 is 3.70. The molecular formula is C12H15N7. The summed E-state index contributed by atoms with van der Waals surface area (Å²) in [6.07, 6.45) is 5.25. The first-order chi connectivity index (χ1) is 9.15. The zero-order valence-electron chi connectivity index (χ0n) is 11.1. The van der Waals surface area contributed by atoms with Gasteiger partial charge in [0.2, 0.25) is 0 Å². The van der Waals surface area contributed by atoms with Gasteiger partial charge in [0.1, 0.15) is 11.8 Å². The van der Waals surface area contributed by atoms with E-state index in [0.717, 1.165) is 22.9 Å². The average Bonchev–Trinajstić information content (AvgIpc) is 2.94. The second-order valence-electron chi connectivity index (χ2n) is 4.56. The minimum atomic E-state index is 0.0152. The second kappa shape index (κ2) is 4.34. The molecule has 1 atom stereocenters. The molecule has 98 valence electrons. The maximum Gasteiger partial charge on any atom is 0.154 e. The first-order valence-corrected chi connectivity index (χ1v) is 6.06. The molecule has 0 bridgehead atoms. The molecule has 3 heterocycles. The predicted octanol–water partition coefficient (Wildman–Crippen LogP) is 1.34. The molecule has 1 N–H and O–H groups in total. The number of aromatic nitrogens is 6. The lowest BCUT2D eigenvalue weighted by molar-refractivity contribution is 0.716. The van der Waals surface area contributed by atoms with Gasteiger partial charge in [0.15, 0.2) is 11.6 Å². The van der Waals surface area contributed by atoms with E-state index in [1.807, 2.05) is 42.2 Å². The molecule has 3 aromatic heterocycles. The molecule has 3 rings (SSSR count). The van der Waals surface area contributed by atoms with Crippen molar-refractivity contribution < 1.29 is 0 Å². The standard InChI is InChI=1S/C12H15N7/c1-8-6-10-11(13-4-5-19(10)17-8)15-9(2)12-16-14-7-18(12)3/h4-7,9H,1-3H3,(H,13,15). The van der Waals surface area contributed by atoms with Gasteiger partial charge < -0.3 is 9.88 Å². The highest BCUT2D eigenvalue weighted by Crippen LogP contribution is 2.20. The minimum Gasteiger partial charge on any atom is -0.359 e. The van der Waals surface area contributed by atoms with Crippen LogP contribution in [-0.2, 0) is 7.05 Å². The molecule has 19 heavy (non-hydrogen) atoms. The van der Waals surface area contributed by atoms with Crippen LogP contribution in [0.4, 0.5) is 5.82 Å². The quantitative estimate of drug-likeness (QED) is 0.766. The number of anilines is 1. The Labute approximate surface area is 110 Å². The zero-order valence-corrected chi connectivity index (χ0v) is 11.1. The summed E-state index contributed by atoms with van der Waals surface area (Å²) >= 11 is 0. The summed E-state index contributed by atoms with van der Waals surface area (Å²) in [5.74, 6) is 1.65. The van der Waals surface area contributed by atoms with Gasteiger partial charge in [-0.2, -0.15) is 5.10 Å². The van der Waals surface area contributed by atoms with Gasteiger partial charge in [-0.3, -0.25) is 0 Å². The van der Waals surface area contributed by atoms with Crippen LogP contribution in [0.2, 0.25) is 0 Å². The molecule has 0 aliphatic rings. The Kier molecular flexibility index (Phi) is 2.66. The molecule has 0 saturated heterocycles. The van der Waals surface area contributed by atoms with E-state index in [0.29, 0.717) is 0 Å². The Morgan fingerprint density at radius 2 is 2.21 bits per heavy atom. The van der Waals surface area contributed by atoms with Crippen molar-refractivity contribution in [2.24, 2.45) is 7.05 Å². The first kappa shape index (κ1) is 11.6. The third kappa shape index (κ3) is 2.03. The molecule has 7 nitrogen and oxygen atoms in total. The largest absolute Gasteiger partial charge is 0.359 e. The van der Waals surface area contributed by atoms with Gasteiger partial charge in [-0.25, -0.2) is 9.50 Å². The van der Waals surface area contributed by atoms with Crippen molar-refractivity contribution in [3.63, 3.8) is 0 Å². The summed E-state index contributed by atoms with van der Waals surface area (Å²) in [5, 5.41) is 15.7. The Morgan fingerprint density at radius 1 is 1.37 bits per heavy atom. The van der Waals surface area contributed by atoms with Crippen LogP contribution >= 0.6 is 0 Å². The van der Waals surface area contributed by atoms with Gasteiger partial charge in [0, 0.05) is 19.4 Å².